The number of nitrogens with one attached hydrogen (secondary N) is 1. The van der Waals surface area contributed by atoms with Gasteiger partial charge in [-0.05, 0) is 48.9 Å². The van der Waals surface area contributed by atoms with Crippen LogP contribution in [-0.2, 0) is 10.2 Å². The summed E-state index contributed by atoms with van der Waals surface area (Å²) in [4.78, 5) is 26.4. The maximum Gasteiger partial charge on any atom is 0.251 e. The van der Waals surface area contributed by atoms with Crippen molar-refractivity contribution >= 4 is 17.5 Å². The van der Waals surface area contributed by atoms with Gasteiger partial charge in [0.15, 0.2) is 0 Å². The summed E-state index contributed by atoms with van der Waals surface area (Å²) < 4.78 is 0. The Kier molecular flexibility index (Phi) is 5.64. The van der Waals surface area contributed by atoms with Crippen molar-refractivity contribution in [2.75, 3.05) is 11.4 Å². The van der Waals surface area contributed by atoms with Gasteiger partial charge in [0.2, 0.25) is 5.91 Å². The summed E-state index contributed by atoms with van der Waals surface area (Å²) in [6.45, 7) is 7.16. The minimum atomic E-state index is -0.0974. The smallest absolute Gasteiger partial charge is 0.251 e. The number of hydrogen-bond donors (Lipinski definition) is 1. The lowest BCUT2D eigenvalue weighted by Crippen LogP contribution is -2.37. The van der Waals surface area contributed by atoms with E-state index in [0.29, 0.717) is 12.0 Å². The van der Waals surface area contributed by atoms with E-state index in [0.717, 1.165) is 25.1 Å². The summed E-state index contributed by atoms with van der Waals surface area (Å²) in [7, 11) is 0. The van der Waals surface area contributed by atoms with E-state index in [9.17, 15) is 9.59 Å². The third kappa shape index (κ3) is 4.57. The van der Waals surface area contributed by atoms with Crippen molar-refractivity contribution in [2.45, 2.75) is 51.5 Å². The molecule has 4 nitrogen and oxygen atoms in total. The number of amides is 2. The Morgan fingerprint density at radius 2 is 1.89 bits per heavy atom. The first-order chi connectivity index (χ1) is 12.9. The average Bonchev–Trinajstić information content (AvgIpc) is 3.08. The maximum atomic E-state index is 12.7. The molecule has 0 aromatic heterocycles. The van der Waals surface area contributed by atoms with E-state index >= 15 is 0 Å². The van der Waals surface area contributed by atoms with Gasteiger partial charge >= 0.3 is 0 Å². The Morgan fingerprint density at radius 1 is 1.15 bits per heavy atom. The van der Waals surface area contributed by atoms with Crippen molar-refractivity contribution in [3.05, 3.63) is 65.7 Å². The van der Waals surface area contributed by atoms with Gasteiger partial charge in [-0.3, -0.25) is 9.59 Å². The lowest BCUT2D eigenvalue weighted by Gasteiger charge is -2.29. The van der Waals surface area contributed by atoms with Crippen LogP contribution in [0.2, 0.25) is 0 Å². The predicted molar refractivity (Wildman–Crippen MR) is 109 cm³/mol. The number of anilines is 1. The van der Waals surface area contributed by atoms with Gasteiger partial charge in [-0.15, -0.1) is 0 Å². The molecule has 4 heteroatoms. The van der Waals surface area contributed by atoms with E-state index in [1.54, 1.807) is 11.0 Å². The molecular weight excluding hydrogens is 336 g/mol. The summed E-state index contributed by atoms with van der Waals surface area (Å²) >= 11 is 0. The standard InChI is InChI=1S/C23H28N2O2/c1-17(16-23(2,3)19-10-5-4-6-11-19)24-22(27)18-9-7-12-20(15-18)25-14-8-13-21(25)26/h4-7,9-12,15,17H,8,13-14,16H2,1-3H3,(H,24,27)/t17-/m0/s1. The molecule has 3 rings (SSSR count). The molecule has 2 aromatic rings. The molecule has 2 aromatic carbocycles. The van der Waals surface area contributed by atoms with Gasteiger partial charge < -0.3 is 10.2 Å². The topological polar surface area (TPSA) is 49.4 Å². The van der Waals surface area contributed by atoms with Gasteiger partial charge in [0.1, 0.15) is 0 Å². The number of carbonyl (C=O) groups excluding carboxylic acids is 2. The highest BCUT2D eigenvalue weighted by Crippen LogP contribution is 2.28. The SMILES string of the molecule is C[C@@H](CC(C)(C)c1ccccc1)NC(=O)c1cccc(N2CCCC2=O)c1. The molecule has 1 atom stereocenters. The minimum absolute atomic E-state index is 0.0300. The van der Waals surface area contributed by atoms with Gasteiger partial charge in [0.05, 0.1) is 0 Å². The molecule has 0 saturated carbocycles. The number of nitrogens with zero attached hydrogens (tertiary/aromatic N) is 1. The minimum Gasteiger partial charge on any atom is -0.350 e. The summed E-state index contributed by atoms with van der Waals surface area (Å²) in [5.41, 5.74) is 2.64. The molecule has 2 amide bonds. The van der Waals surface area contributed by atoms with Gasteiger partial charge in [0.25, 0.3) is 5.91 Å². The molecule has 0 unspecified atom stereocenters. The summed E-state index contributed by atoms with van der Waals surface area (Å²) in [6, 6.07) is 17.7. The monoisotopic (exact) mass is 364 g/mol. The van der Waals surface area contributed by atoms with Gasteiger partial charge in [-0.25, -0.2) is 0 Å². The summed E-state index contributed by atoms with van der Waals surface area (Å²) in [5, 5.41) is 3.11. The zero-order valence-corrected chi connectivity index (χ0v) is 16.4. The molecule has 142 valence electrons. The third-order valence-corrected chi connectivity index (χ3v) is 5.24. The molecule has 1 aliphatic rings. The van der Waals surface area contributed by atoms with Crippen molar-refractivity contribution in [1.29, 1.82) is 0 Å². The Bertz CT molecular complexity index is 814. The second-order valence-electron chi connectivity index (χ2n) is 8.03. The van der Waals surface area contributed by atoms with Crippen LogP contribution in [0.25, 0.3) is 0 Å². The van der Waals surface area contributed by atoms with Crippen molar-refractivity contribution < 1.29 is 9.59 Å². The van der Waals surface area contributed by atoms with E-state index in [1.807, 2.05) is 43.3 Å². The Labute approximate surface area is 161 Å². The largest absolute Gasteiger partial charge is 0.350 e. The molecule has 1 aliphatic heterocycles. The molecule has 1 saturated heterocycles. The van der Waals surface area contributed by atoms with E-state index < -0.39 is 0 Å². The normalized spacial score (nSPS) is 15.7. The van der Waals surface area contributed by atoms with Crippen LogP contribution < -0.4 is 10.2 Å². The van der Waals surface area contributed by atoms with E-state index in [2.05, 4.69) is 31.3 Å². The summed E-state index contributed by atoms with van der Waals surface area (Å²) in [6.07, 6.45) is 2.30. The summed E-state index contributed by atoms with van der Waals surface area (Å²) in [5.74, 6) is 0.0328. The molecular formula is C23H28N2O2. The van der Waals surface area contributed by atoms with E-state index in [-0.39, 0.29) is 23.3 Å². The van der Waals surface area contributed by atoms with Crippen LogP contribution in [0.15, 0.2) is 54.6 Å². The van der Waals surface area contributed by atoms with Crippen molar-refractivity contribution in [1.82, 2.24) is 5.32 Å². The molecule has 0 bridgehead atoms. The molecule has 1 N–H and O–H groups in total. The zero-order valence-electron chi connectivity index (χ0n) is 16.4. The molecule has 0 spiro atoms. The number of hydrogen-bond acceptors (Lipinski definition) is 2. The fraction of sp³-hybridized carbons (Fsp3) is 0.391. The first-order valence-electron chi connectivity index (χ1n) is 9.64. The first kappa shape index (κ1) is 19.2. The maximum absolute atomic E-state index is 12.7. The molecule has 0 radical (unpaired) electrons. The molecule has 0 aliphatic carbocycles. The Balaban J connectivity index is 1.65. The van der Waals surface area contributed by atoms with Crippen LogP contribution in [0.3, 0.4) is 0 Å². The van der Waals surface area contributed by atoms with Gasteiger partial charge in [-0.1, -0.05) is 50.2 Å². The third-order valence-electron chi connectivity index (χ3n) is 5.24. The average molecular weight is 364 g/mol. The predicted octanol–water partition coefficient (Wildman–Crippen LogP) is 4.30. The highest BCUT2D eigenvalue weighted by Gasteiger charge is 2.25. The Morgan fingerprint density at radius 3 is 2.56 bits per heavy atom. The van der Waals surface area contributed by atoms with Crippen LogP contribution in [0, 0.1) is 0 Å². The van der Waals surface area contributed by atoms with Crippen molar-refractivity contribution in [3.8, 4) is 0 Å². The van der Waals surface area contributed by atoms with Crippen molar-refractivity contribution in [2.24, 2.45) is 0 Å². The Hall–Kier alpha value is -2.62. The lowest BCUT2D eigenvalue weighted by molar-refractivity contribution is -0.117. The second kappa shape index (κ2) is 7.95. The van der Waals surface area contributed by atoms with Crippen molar-refractivity contribution in [3.63, 3.8) is 0 Å². The van der Waals surface area contributed by atoms with Crippen LogP contribution >= 0.6 is 0 Å². The van der Waals surface area contributed by atoms with E-state index in [4.69, 9.17) is 0 Å². The fourth-order valence-electron chi connectivity index (χ4n) is 3.87. The second-order valence-corrected chi connectivity index (χ2v) is 8.03. The molecule has 27 heavy (non-hydrogen) atoms. The van der Waals surface area contributed by atoms with Crippen LogP contribution in [0.4, 0.5) is 5.69 Å². The van der Waals surface area contributed by atoms with Crippen LogP contribution in [-0.4, -0.2) is 24.4 Å². The highest BCUT2D eigenvalue weighted by atomic mass is 16.2. The fourth-order valence-corrected chi connectivity index (χ4v) is 3.87. The van der Waals surface area contributed by atoms with E-state index in [1.165, 1.54) is 5.56 Å². The van der Waals surface area contributed by atoms with Gasteiger partial charge in [-0.2, -0.15) is 0 Å². The quantitative estimate of drug-likeness (QED) is 0.831. The number of benzene rings is 2. The molecule has 1 heterocycles. The number of carbonyl (C=O) groups is 2. The zero-order chi connectivity index (χ0) is 19.4. The lowest BCUT2D eigenvalue weighted by atomic mass is 9.79. The molecule has 1 fully saturated rings. The van der Waals surface area contributed by atoms with Crippen LogP contribution in [0.1, 0.15) is 56.0 Å². The number of rotatable bonds is 6. The highest BCUT2D eigenvalue weighted by molar-refractivity contribution is 5.99. The first-order valence-corrected chi connectivity index (χ1v) is 9.64. The van der Waals surface area contributed by atoms with Crippen LogP contribution in [0.5, 0.6) is 0 Å². The van der Waals surface area contributed by atoms with Gasteiger partial charge in [0, 0.05) is 30.3 Å².